The molecule has 0 aliphatic heterocycles. The number of rotatable bonds is 4. The predicted octanol–water partition coefficient (Wildman–Crippen LogP) is 1.67. The van der Waals surface area contributed by atoms with E-state index in [0.29, 0.717) is 0 Å². The molecule has 0 fully saturated rings. The number of hydrogen-bond acceptors (Lipinski definition) is 1. The third-order valence-electron chi connectivity index (χ3n) is 0.846. The molecule has 0 aliphatic carbocycles. The fourth-order valence-electron chi connectivity index (χ4n) is 0.391. The first-order valence-corrected chi connectivity index (χ1v) is 2.99. The van der Waals surface area contributed by atoms with Crippen molar-refractivity contribution in [2.24, 2.45) is 0 Å². The van der Waals surface area contributed by atoms with Crippen molar-refractivity contribution in [2.45, 2.75) is 26.7 Å². The first-order chi connectivity index (χ1) is 3.41. The largest absolute Gasteiger partial charge is 2.00 e. The maximum Gasteiger partial charge on any atom is 2.00 e. The van der Waals surface area contributed by atoms with Gasteiger partial charge in [0, 0.05) is 13.2 Å². The summed E-state index contributed by atoms with van der Waals surface area (Å²) in [7, 11) is 0. The van der Waals surface area contributed by atoms with E-state index in [1.807, 2.05) is 6.92 Å². The summed E-state index contributed by atoms with van der Waals surface area (Å²) in [5.41, 5.74) is 0. The molecule has 48 valence electrons. The molecule has 0 spiro atoms. The first-order valence-electron chi connectivity index (χ1n) is 2.99. The quantitative estimate of drug-likeness (QED) is 0.413. The van der Waals surface area contributed by atoms with Crippen molar-refractivity contribution in [1.82, 2.24) is 0 Å². The summed E-state index contributed by atoms with van der Waals surface area (Å²) in [5, 5.41) is 0. The Morgan fingerprint density at radius 2 is 2.00 bits per heavy atom. The van der Waals surface area contributed by atoms with Gasteiger partial charge >= 0.3 is 23.1 Å². The molecule has 8 heavy (non-hydrogen) atoms. The van der Waals surface area contributed by atoms with Gasteiger partial charge in [-0.25, -0.2) is 0 Å². The topological polar surface area (TPSA) is 9.23 Å². The Morgan fingerprint density at radius 1 is 1.38 bits per heavy atom. The van der Waals surface area contributed by atoms with Gasteiger partial charge in [0.25, 0.3) is 0 Å². The van der Waals surface area contributed by atoms with Crippen molar-refractivity contribution in [3.05, 3.63) is 0 Å². The maximum absolute atomic E-state index is 5.07. The zero-order valence-corrected chi connectivity index (χ0v) is 7.36. The van der Waals surface area contributed by atoms with Gasteiger partial charge in [0.15, 0.2) is 0 Å². The minimum Gasteiger partial charge on any atom is -1.00 e. The van der Waals surface area contributed by atoms with Crippen LogP contribution in [0.25, 0.3) is 0 Å². The third kappa shape index (κ3) is 9.87. The summed E-state index contributed by atoms with van der Waals surface area (Å²) >= 11 is 0. The molecule has 0 bridgehead atoms. The molecule has 0 radical (unpaired) electrons. The average molecular weight is 128 g/mol. The molecule has 0 unspecified atom stereocenters. The second kappa shape index (κ2) is 10.7. The molecular formula is C6H16MgO. The van der Waals surface area contributed by atoms with Crippen LogP contribution in [-0.4, -0.2) is 36.3 Å². The molecule has 0 aromatic heterocycles. The second-order valence-corrected chi connectivity index (χ2v) is 1.55. The molecule has 0 saturated carbocycles. The van der Waals surface area contributed by atoms with E-state index in [2.05, 4.69) is 6.92 Å². The molecule has 0 atom stereocenters. The van der Waals surface area contributed by atoms with E-state index < -0.39 is 0 Å². The van der Waals surface area contributed by atoms with E-state index in [1.165, 1.54) is 12.8 Å². The van der Waals surface area contributed by atoms with Crippen LogP contribution >= 0.6 is 0 Å². The minimum atomic E-state index is 0. The molecule has 1 nitrogen and oxygen atoms in total. The fraction of sp³-hybridized carbons (Fsp3) is 1.00. The first kappa shape index (κ1) is 11.5. The van der Waals surface area contributed by atoms with E-state index in [4.69, 9.17) is 4.74 Å². The smallest absolute Gasteiger partial charge is 1.00 e. The molecule has 0 rings (SSSR count). The van der Waals surface area contributed by atoms with Gasteiger partial charge in [-0.1, -0.05) is 13.3 Å². The van der Waals surface area contributed by atoms with Gasteiger partial charge in [-0.05, 0) is 13.3 Å². The molecule has 0 heterocycles. The van der Waals surface area contributed by atoms with E-state index >= 15 is 0 Å². The van der Waals surface area contributed by atoms with Gasteiger partial charge in [-0.15, -0.1) is 0 Å². The van der Waals surface area contributed by atoms with Crippen LogP contribution in [-0.2, 0) is 4.74 Å². The number of unbranched alkanes of at least 4 members (excludes halogenated alkanes) is 1. The van der Waals surface area contributed by atoms with Gasteiger partial charge in [0.1, 0.15) is 0 Å². The van der Waals surface area contributed by atoms with Gasteiger partial charge in [-0.3, -0.25) is 0 Å². The number of hydrogen-bond donors (Lipinski definition) is 0. The maximum atomic E-state index is 5.07. The minimum absolute atomic E-state index is 0. The molecule has 0 amide bonds. The van der Waals surface area contributed by atoms with Crippen LogP contribution in [0.4, 0.5) is 0 Å². The molecule has 0 N–H and O–H groups in total. The zero-order chi connectivity index (χ0) is 5.54. The predicted molar refractivity (Wildman–Crippen MR) is 39.4 cm³/mol. The van der Waals surface area contributed by atoms with Crippen molar-refractivity contribution in [1.29, 1.82) is 0 Å². The van der Waals surface area contributed by atoms with Crippen LogP contribution in [0.3, 0.4) is 0 Å². The van der Waals surface area contributed by atoms with Crippen LogP contribution in [0, 0.1) is 0 Å². The Hall–Kier alpha value is 0.726. The molecule has 2 heteroatoms. The fourth-order valence-corrected chi connectivity index (χ4v) is 0.391. The summed E-state index contributed by atoms with van der Waals surface area (Å²) in [5.74, 6) is 0. The monoisotopic (exact) mass is 128 g/mol. The molecule has 0 saturated heterocycles. The van der Waals surface area contributed by atoms with Crippen LogP contribution in [0.5, 0.6) is 0 Å². The van der Waals surface area contributed by atoms with Crippen LogP contribution < -0.4 is 0 Å². The number of ether oxygens (including phenoxy) is 1. The van der Waals surface area contributed by atoms with Crippen molar-refractivity contribution in [3.8, 4) is 0 Å². The van der Waals surface area contributed by atoms with Crippen LogP contribution in [0.1, 0.15) is 29.5 Å². The Bertz CT molecular complexity index is 34.9. The van der Waals surface area contributed by atoms with Crippen LogP contribution in [0.2, 0.25) is 0 Å². The summed E-state index contributed by atoms with van der Waals surface area (Å²) in [6.45, 7) is 5.99. The average Bonchev–Trinajstić information content (AvgIpc) is 1.69. The summed E-state index contributed by atoms with van der Waals surface area (Å²) < 4.78 is 5.07. The third-order valence-corrected chi connectivity index (χ3v) is 0.846. The second-order valence-electron chi connectivity index (χ2n) is 1.55. The summed E-state index contributed by atoms with van der Waals surface area (Å²) in [4.78, 5) is 0. The van der Waals surface area contributed by atoms with E-state index in [-0.39, 0.29) is 25.9 Å². The Balaban J connectivity index is -0.0000000600. The molecular weight excluding hydrogens is 112 g/mol. The Morgan fingerprint density at radius 3 is 2.38 bits per heavy atom. The van der Waals surface area contributed by atoms with Crippen molar-refractivity contribution in [2.75, 3.05) is 13.2 Å². The van der Waals surface area contributed by atoms with Crippen molar-refractivity contribution < 1.29 is 7.59 Å². The van der Waals surface area contributed by atoms with Gasteiger partial charge in [-0.2, -0.15) is 0 Å². The summed E-state index contributed by atoms with van der Waals surface area (Å²) in [6.07, 6.45) is 2.44. The Labute approximate surface area is 70.9 Å². The summed E-state index contributed by atoms with van der Waals surface area (Å²) in [6, 6.07) is 0. The standard InChI is InChI=1S/C6H14O.Mg.2H/c1-3-5-6-7-4-2;;;/h3-6H2,1-2H3;;;/q;+2;2*-1. The normalized spacial score (nSPS) is 8.25. The SMILES string of the molecule is CCCCOCC.[H-].[H-].[Mg+2]. The van der Waals surface area contributed by atoms with Gasteiger partial charge in [0.2, 0.25) is 0 Å². The van der Waals surface area contributed by atoms with Gasteiger partial charge < -0.3 is 7.59 Å². The van der Waals surface area contributed by atoms with Crippen LogP contribution in [0.15, 0.2) is 0 Å². The van der Waals surface area contributed by atoms with Crippen molar-refractivity contribution >= 4 is 23.1 Å². The van der Waals surface area contributed by atoms with E-state index in [9.17, 15) is 0 Å². The van der Waals surface area contributed by atoms with E-state index in [0.717, 1.165) is 13.2 Å². The molecule has 0 aromatic carbocycles. The van der Waals surface area contributed by atoms with Crippen molar-refractivity contribution in [3.63, 3.8) is 0 Å². The zero-order valence-electron chi connectivity index (χ0n) is 7.94. The molecule has 0 aliphatic rings. The Kier molecular flexibility index (Phi) is 15.3. The molecule has 0 aromatic rings. The van der Waals surface area contributed by atoms with E-state index in [1.54, 1.807) is 0 Å². The van der Waals surface area contributed by atoms with Gasteiger partial charge in [0.05, 0.1) is 0 Å².